The van der Waals surface area contributed by atoms with E-state index < -0.39 is 10.0 Å². The molecule has 0 aliphatic carbocycles. The number of carbonyl (C=O) groups excluding carboxylic acids is 1. The number of hydrogen-bond donors (Lipinski definition) is 0. The lowest BCUT2D eigenvalue weighted by molar-refractivity contribution is -0.116. The van der Waals surface area contributed by atoms with Gasteiger partial charge >= 0.3 is 0 Å². The van der Waals surface area contributed by atoms with Crippen LogP contribution in [0.2, 0.25) is 0 Å². The van der Waals surface area contributed by atoms with Crippen LogP contribution < -0.4 is 9.21 Å². The van der Waals surface area contributed by atoms with E-state index in [4.69, 9.17) is 0 Å². The highest BCUT2D eigenvalue weighted by Crippen LogP contribution is 2.42. The molecule has 0 fully saturated rings. The third kappa shape index (κ3) is 2.56. The highest BCUT2D eigenvalue weighted by atomic mass is 79.9. The molecule has 2 aromatic carbocycles. The molecular formula is C19H19BrN2O3S. The molecule has 1 atom stereocenters. The molecule has 1 amide bonds. The van der Waals surface area contributed by atoms with Crippen molar-refractivity contribution in [1.82, 2.24) is 0 Å². The number of fused-ring (bicyclic) bond motifs is 2. The Kier molecular flexibility index (Phi) is 4.11. The van der Waals surface area contributed by atoms with Crippen LogP contribution in [-0.2, 0) is 27.7 Å². The van der Waals surface area contributed by atoms with Gasteiger partial charge in [0.15, 0.2) is 0 Å². The molecule has 0 aromatic heterocycles. The standard InChI is InChI=1S/C19H19BrN2O3S/c1-12-9-14-5-3-4-6-17(14)22(12)26(24,25)18-11-16(20)10-15-7-8-21(13(2)23)19(15)18/h3-6,10-12H,7-9H2,1-2H3. The minimum absolute atomic E-state index is 0.141. The fraction of sp³-hybridized carbons (Fsp3) is 0.316. The van der Waals surface area contributed by atoms with Crippen LogP contribution in [0.25, 0.3) is 0 Å². The molecule has 2 aliphatic rings. The zero-order valence-electron chi connectivity index (χ0n) is 14.6. The number of para-hydroxylation sites is 1. The zero-order valence-corrected chi connectivity index (χ0v) is 17.0. The summed E-state index contributed by atoms with van der Waals surface area (Å²) in [6.07, 6.45) is 1.34. The van der Waals surface area contributed by atoms with E-state index in [0.717, 1.165) is 16.8 Å². The van der Waals surface area contributed by atoms with Gasteiger partial charge in [-0.2, -0.15) is 0 Å². The number of hydrogen-bond acceptors (Lipinski definition) is 3. The first-order chi connectivity index (χ1) is 12.3. The van der Waals surface area contributed by atoms with Gasteiger partial charge in [0.25, 0.3) is 10.0 Å². The van der Waals surface area contributed by atoms with Crippen molar-refractivity contribution in [3.05, 3.63) is 52.0 Å². The summed E-state index contributed by atoms with van der Waals surface area (Å²) < 4.78 is 29.5. The van der Waals surface area contributed by atoms with Gasteiger partial charge in [0.1, 0.15) is 4.90 Å². The van der Waals surface area contributed by atoms with E-state index in [0.29, 0.717) is 29.5 Å². The minimum Gasteiger partial charge on any atom is -0.311 e. The summed E-state index contributed by atoms with van der Waals surface area (Å²) in [7, 11) is -3.81. The maximum Gasteiger partial charge on any atom is 0.266 e. The number of halogens is 1. The lowest BCUT2D eigenvalue weighted by atomic mass is 10.1. The number of sulfonamides is 1. The summed E-state index contributed by atoms with van der Waals surface area (Å²) in [5.74, 6) is -0.141. The maximum absolute atomic E-state index is 13.7. The maximum atomic E-state index is 13.7. The quantitative estimate of drug-likeness (QED) is 0.726. The molecule has 1 unspecified atom stereocenters. The highest BCUT2D eigenvalue weighted by Gasteiger charge is 2.40. The summed E-state index contributed by atoms with van der Waals surface area (Å²) in [6.45, 7) is 3.90. The Bertz CT molecular complexity index is 1020. The molecule has 0 N–H and O–H groups in total. The molecule has 2 heterocycles. The van der Waals surface area contributed by atoms with Crippen LogP contribution in [0.1, 0.15) is 25.0 Å². The van der Waals surface area contributed by atoms with E-state index in [9.17, 15) is 13.2 Å². The van der Waals surface area contributed by atoms with Crippen LogP contribution in [-0.4, -0.2) is 26.9 Å². The topological polar surface area (TPSA) is 57.7 Å². The van der Waals surface area contributed by atoms with Crippen molar-refractivity contribution in [2.45, 2.75) is 37.6 Å². The third-order valence-electron chi connectivity index (χ3n) is 5.05. The molecule has 26 heavy (non-hydrogen) atoms. The van der Waals surface area contributed by atoms with Crippen molar-refractivity contribution < 1.29 is 13.2 Å². The Morgan fingerprint density at radius 3 is 2.65 bits per heavy atom. The van der Waals surface area contributed by atoms with E-state index in [1.807, 2.05) is 37.3 Å². The van der Waals surface area contributed by atoms with Gasteiger partial charge < -0.3 is 4.90 Å². The highest BCUT2D eigenvalue weighted by molar-refractivity contribution is 9.10. The van der Waals surface area contributed by atoms with Crippen LogP contribution in [0.4, 0.5) is 11.4 Å². The summed E-state index contributed by atoms with van der Waals surface area (Å²) >= 11 is 3.43. The number of carbonyl (C=O) groups is 1. The van der Waals surface area contributed by atoms with E-state index in [2.05, 4.69) is 15.9 Å². The second-order valence-electron chi connectivity index (χ2n) is 6.82. The lowest BCUT2D eigenvalue weighted by Gasteiger charge is -2.27. The van der Waals surface area contributed by atoms with E-state index in [1.165, 1.54) is 11.2 Å². The van der Waals surface area contributed by atoms with Gasteiger partial charge in [-0.25, -0.2) is 8.42 Å². The molecule has 4 rings (SSSR count). The fourth-order valence-corrected chi connectivity index (χ4v) is 6.61. The molecule has 0 radical (unpaired) electrons. The SMILES string of the molecule is CC(=O)N1CCc2cc(Br)cc(S(=O)(=O)N3c4ccccc4CC3C)c21. The minimum atomic E-state index is -3.81. The van der Waals surface area contributed by atoms with Crippen molar-refractivity contribution >= 4 is 43.2 Å². The van der Waals surface area contributed by atoms with Crippen LogP contribution in [0.15, 0.2) is 45.8 Å². The molecule has 2 aromatic rings. The smallest absolute Gasteiger partial charge is 0.266 e. The molecule has 136 valence electrons. The predicted molar refractivity (Wildman–Crippen MR) is 105 cm³/mol. The second kappa shape index (κ2) is 6.09. The summed E-state index contributed by atoms with van der Waals surface area (Å²) in [5.41, 5.74) is 3.16. The molecule has 0 spiro atoms. The molecule has 7 heteroatoms. The van der Waals surface area contributed by atoms with E-state index in [1.54, 1.807) is 11.0 Å². The zero-order chi connectivity index (χ0) is 18.6. The Balaban J connectivity index is 1.92. The van der Waals surface area contributed by atoms with Crippen LogP contribution in [0, 0.1) is 0 Å². The van der Waals surface area contributed by atoms with Gasteiger partial charge in [0.05, 0.1) is 11.4 Å². The Hall–Kier alpha value is -1.86. The normalized spacial score (nSPS) is 18.8. The lowest BCUT2D eigenvalue weighted by Crippen LogP contribution is -2.37. The Morgan fingerprint density at radius 2 is 1.92 bits per heavy atom. The fourth-order valence-electron chi connectivity index (χ4n) is 3.99. The van der Waals surface area contributed by atoms with Crippen molar-refractivity contribution in [1.29, 1.82) is 0 Å². The Morgan fingerprint density at radius 1 is 1.19 bits per heavy atom. The number of anilines is 2. The van der Waals surface area contributed by atoms with Gasteiger partial charge in [-0.1, -0.05) is 34.1 Å². The average molecular weight is 435 g/mol. The van der Waals surface area contributed by atoms with Gasteiger partial charge in [0, 0.05) is 24.0 Å². The summed E-state index contributed by atoms with van der Waals surface area (Å²) in [6, 6.07) is 10.9. The molecule has 5 nitrogen and oxygen atoms in total. The van der Waals surface area contributed by atoms with Crippen molar-refractivity contribution in [2.75, 3.05) is 15.7 Å². The first-order valence-corrected chi connectivity index (χ1v) is 10.8. The van der Waals surface area contributed by atoms with E-state index >= 15 is 0 Å². The number of nitrogens with zero attached hydrogens (tertiary/aromatic N) is 2. The molecular weight excluding hydrogens is 416 g/mol. The van der Waals surface area contributed by atoms with Gasteiger partial charge in [0.2, 0.25) is 5.91 Å². The Labute approximate surface area is 161 Å². The van der Waals surface area contributed by atoms with Crippen molar-refractivity contribution in [2.24, 2.45) is 0 Å². The number of benzene rings is 2. The van der Waals surface area contributed by atoms with Crippen LogP contribution >= 0.6 is 15.9 Å². The molecule has 0 saturated carbocycles. The van der Waals surface area contributed by atoms with Gasteiger partial charge in [-0.3, -0.25) is 9.10 Å². The largest absolute Gasteiger partial charge is 0.311 e. The second-order valence-corrected chi connectivity index (χ2v) is 9.51. The van der Waals surface area contributed by atoms with Crippen LogP contribution in [0.5, 0.6) is 0 Å². The summed E-state index contributed by atoms with van der Waals surface area (Å²) in [4.78, 5) is 13.8. The first-order valence-electron chi connectivity index (χ1n) is 8.53. The predicted octanol–water partition coefficient (Wildman–Crippen LogP) is 3.50. The average Bonchev–Trinajstić information content (AvgIpc) is 3.13. The first kappa shape index (κ1) is 17.5. The van der Waals surface area contributed by atoms with Crippen molar-refractivity contribution in [3.8, 4) is 0 Å². The van der Waals surface area contributed by atoms with Gasteiger partial charge in [-0.15, -0.1) is 0 Å². The molecule has 0 bridgehead atoms. The van der Waals surface area contributed by atoms with Gasteiger partial charge in [-0.05, 0) is 49.1 Å². The summed E-state index contributed by atoms with van der Waals surface area (Å²) in [5, 5.41) is 0. The molecule has 0 saturated heterocycles. The van der Waals surface area contributed by atoms with Crippen LogP contribution in [0.3, 0.4) is 0 Å². The number of amides is 1. The van der Waals surface area contributed by atoms with Crippen molar-refractivity contribution in [3.63, 3.8) is 0 Å². The van der Waals surface area contributed by atoms with E-state index in [-0.39, 0.29) is 16.8 Å². The molecule has 2 aliphatic heterocycles. The number of rotatable bonds is 2. The third-order valence-corrected chi connectivity index (χ3v) is 7.45. The monoisotopic (exact) mass is 434 g/mol.